The molecule has 0 N–H and O–H groups in total. The molecule has 1 saturated heterocycles. The van der Waals surface area contributed by atoms with Crippen LogP contribution in [0, 0.1) is 6.92 Å². The van der Waals surface area contributed by atoms with Crippen molar-refractivity contribution in [3.05, 3.63) is 46.2 Å². The number of aryl methyl sites for hydroxylation is 1. The van der Waals surface area contributed by atoms with E-state index in [0.29, 0.717) is 5.92 Å². The van der Waals surface area contributed by atoms with Crippen LogP contribution in [0.5, 0.6) is 0 Å². The van der Waals surface area contributed by atoms with Gasteiger partial charge in [0.05, 0.1) is 5.69 Å². The highest BCUT2D eigenvalue weighted by Gasteiger charge is 2.22. The number of rotatable bonds is 3. The van der Waals surface area contributed by atoms with E-state index in [4.69, 9.17) is 0 Å². The number of likely N-dealkylation sites (tertiary alicyclic amines) is 1. The standard InChI is InChI=1S/C15H19N3S/c1-12-4-5-14(19-12)11-18-8-2-3-13(10-18)15-9-16-6-7-17-15/h4-7,9,13H,2-3,8,10-11H2,1H3. The second-order valence-electron chi connectivity index (χ2n) is 5.22. The van der Waals surface area contributed by atoms with E-state index < -0.39 is 0 Å². The first-order valence-electron chi connectivity index (χ1n) is 6.85. The average molecular weight is 273 g/mol. The van der Waals surface area contributed by atoms with E-state index in [1.807, 2.05) is 17.5 Å². The summed E-state index contributed by atoms with van der Waals surface area (Å²) in [6, 6.07) is 4.47. The van der Waals surface area contributed by atoms with Gasteiger partial charge in [-0.15, -0.1) is 11.3 Å². The second-order valence-corrected chi connectivity index (χ2v) is 6.59. The van der Waals surface area contributed by atoms with Gasteiger partial charge in [-0.3, -0.25) is 14.9 Å². The van der Waals surface area contributed by atoms with Crippen molar-refractivity contribution >= 4 is 11.3 Å². The molecule has 0 amide bonds. The Labute approximate surface area is 118 Å². The van der Waals surface area contributed by atoms with Crippen molar-refractivity contribution in [3.8, 4) is 0 Å². The molecule has 100 valence electrons. The lowest BCUT2D eigenvalue weighted by Gasteiger charge is -2.31. The van der Waals surface area contributed by atoms with Crippen LogP contribution in [0.2, 0.25) is 0 Å². The molecule has 0 radical (unpaired) electrons. The predicted molar refractivity (Wildman–Crippen MR) is 78.3 cm³/mol. The Morgan fingerprint density at radius 2 is 2.32 bits per heavy atom. The van der Waals surface area contributed by atoms with E-state index in [1.54, 1.807) is 12.4 Å². The van der Waals surface area contributed by atoms with Gasteiger partial charge < -0.3 is 0 Å². The van der Waals surface area contributed by atoms with Gasteiger partial charge in [0.25, 0.3) is 0 Å². The van der Waals surface area contributed by atoms with E-state index in [9.17, 15) is 0 Å². The fourth-order valence-corrected chi connectivity index (χ4v) is 3.69. The molecule has 3 heterocycles. The van der Waals surface area contributed by atoms with Crippen molar-refractivity contribution < 1.29 is 0 Å². The number of hydrogen-bond acceptors (Lipinski definition) is 4. The summed E-state index contributed by atoms with van der Waals surface area (Å²) < 4.78 is 0. The van der Waals surface area contributed by atoms with Gasteiger partial charge in [-0.25, -0.2) is 0 Å². The van der Waals surface area contributed by atoms with E-state index >= 15 is 0 Å². The third-order valence-electron chi connectivity index (χ3n) is 3.68. The molecule has 0 aliphatic carbocycles. The summed E-state index contributed by atoms with van der Waals surface area (Å²) in [4.78, 5) is 14.1. The van der Waals surface area contributed by atoms with Crippen molar-refractivity contribution in [2.24, 2.45) is 0 Å². The minimum absolute atomic E-state index is 0.545. The SMILES string of the molecule is Cc1ccc(CN2CCCC(c3cnccn3)C2)s1. The summed E-state index contributed by atoms with van der Waals surface area (Å²) in [7, 11) is 0. The van der Waals surface area contributed by atoms with Gasteiger partial charge in [-0.05, 0) is 38.4 Å². The predicted octanol–water partition coefficient (Wildman–Crippen LogP) is 3.23. The lowest BCUT2D eigenvalue weighted by Crippen LogP contribution is -2.34. The molecule has 1 aliphatic rings. The Kier molecular flexibility index (Phi) is 3.89. The monoisotopic (exact) mass is 273 g/mol. The van der Waals surface area contributed by atoms with Crippen molar-refractivity contribution in [1.29, 1.82) is 0 Å². The van der Waals surface area contributed by atoms with Crippen LogP contribution >= 0.6 is 11.3 Å². The highest BCUT2D eigenvalue weighted by molar-refractivity contribution is 7.11. The molecular weight excluding hydrogens is 254 g/mol. The maximum atomic E-state index is 4.46. The average Bonchev–Trinajstić information content (AvgIpc) is 2.85. The Hall–Kier alpha value is -1.26. The van der Waals surface area contributed by atoms with Crippen LogP contribution in [0.15, 0.2) is 30.7 Å². The Morgan fingerprint density at radius 3 is 3.05 bits per heavy atom. The Bertz CT molecular complexity index is 523. The number of piperidine rings is 1. The topological polar surface area (TPSA) is 29.0 Å². The molecular formula is C15H19N3S. The minimum atomic E-state index is 0.545. The molecule has 1 aliphatic heterocycles. The maximum Gasteiger partial charge on any atom is 0.0630 e. The largest absolute Gasteiger partial charge is 0.298 e. The van der Waals surface area contributed by atoms with Crippen LogP contribution in [-0.4, -0.2) is 28.0 Å². The molecule has 2 aromatic heterocycles. The highest BCUT2D eigenvalue weighted by atomic mass is 32.1. The van der Waals surface area contributed by atoms with Crippen LogP contribution in [0.3, 0.4) is 0 Å². The molecule has 1 unspecified atom stereocenters. The number of nitrogens with zero attached hydrogens (tertiary/aromatic N) is 3. The molecule has 4 heteroatoms. The summed E-state index contributed by atoms with van der Waals surface area (Å²) in [5.74, 6) is 0.545. The summed E-state index contributed by atoms with van der Waals surface area (Å²) >= 11 is 1.91. The first-order valence-corrected chi connectivity index (χ1v) is 7.66. The van der Waals surface area contributed by atoms with Gasteiger partial charge in [0.2, 0.25) is 0 Å². The second kappa shape index (κ2) is 5.80. The zero-order valence-corrected chi connectivity index (χ0v) is 12.1. The van der Waals surface area contributed by atoms with Gasteiger partial charge in [0.1, 0.15) is 0 Å². The van der Waals surface area contributed by atoms with Crippen LogP contribution in [0.4, 0.5) is 0 Å². The minimum Gasteiger partial charge on any atom is -0.298 e. The maximum absolute atomic E-state index is 4.46. The number of aromatic nitrogens is 2. The molecule has 2 aromatic rings. The van der Waals surface area contributed by atoms with Crippen molar-refractivity contribution in [2.45, 2.75) is 32.2 Å². The molecule has 1 atom stereocenters. The summed E-state index contributed by atoms with van der Waals surface area (Å²) in [6.45, 7) is 5.56. The molecule has 3 rings (SSSR count). The van der Waals surface area contributed by atoms with E-state index in [1.165, 1.54) is 29.1 Å². The summed E-state index contributed by atoms with van der Waals surface area (Å²) in [5.41, 5.74) is 1.15. The molecule has 1 fully saturated rings. The van der Waals surface area contributed by atoms with Gasteiger partial charge in [-0.2, -0.15) is 0 Å². The third kappa shape index (κ3) is 3.19. The first-order chi connectivity index (χ1) is 9.31. The normalized spacial score (nSPS) is 20.6. The number of thiophene rings is 1. The Balaban J connectivity index is 1.65. The van der Waals surface area contributed by atoms with Gasteiger partial charge >= 0.3 is 0 Å². The van der Waals surface area contributed by atoms with Crippen LogP contribution in [0.25, 0.3) is 0 Å². The zero-order valence-electron chi connectivity index (χ0n) is 11.2. The molecule has 0 spiro atoms. The molecule has 0 saturated carbocycles. The summed E-state index contributed by atoms with van der Waals surface area (Å²) in [6.07, 6.45) is 7.96. The van der Waals surface area contributed by atoms with Crippen molar-refractivity contribution in [2.75, 3.05) is 13.1 Å². The zero-order chi connectivity index (χ0) is 13.1. The lowest BCUT2D eigenvalue weighted by atomic mass is 9.95. The fraction of sp³-hybridized carbons (Fsp3) is 0.467. The van der Waals surface area contributed by atoms with Gasteiger partial charge in [0, 0.05) is 47.4 Å². The quantitative estimate of drug-likeness (QED) is 0.859. The highest BCUT2D eigenvalue weighted by Crippen LogP contribution is 2.27. The summed E-state index contributed by atoms with van der Waals surface area (Å²) in [5, 5.41) is 0. The van der Waals surface area contributed by atoms with E-state index in [0.717, 1.165) is 18.8 Å². The fourth-order valence-electron chi connectivity index (χ4n) is 2.75. The van der Waals surface area contributed by atoms with E-state index in [-0.39, 0.29) is 0 Å². The molecule has 0 aromatic carbocycles. The van der Waals surface area contributed by atoms with Crippen molar-refractivity contribution in [1.82, 2.24) is 14.9 Å². The van der Waals surface area contributed by atoms with Crippen LogP contribution < -0.4 is 0 Å². The number of hydrogen-bond donors (Lipinski definition) is 0. The lowest BCUT2D eigenvalue weighted by molar-refractivity contribution is 0.200. The third-order valence-corrected chi connectivity index (χ3v) is 4.67. The molecule has 3 nitrogen and oxygen atoms in total. The van der Waals surface area contributed by atoms with Gasteiger partial charge in [-0.1, -0.05) is 0 Å². The Morgan fingerprint density at radius 1 is 1.37 bits per heavy atom. The van der Waals surface area contributed by atoms with E-state index in [2.05, 4.69) is 33.9 Å². The van der Waals surface area contributed by atoms with Gasteiger partial charge in [0.15, 0.2) is 0 Å². The molecule has 19 heavy (non-hydrogen) atoms. The van der Waals surface area contributed by atoms with Crippen LogP contribution in [0.1, 0.15) is 34.2 Å². The smallest absolute Gasteiger partial charge is 0.0630 e. The van der Waals surface area contributed by atoms with Crippen LogP contribution in [-0.2, 0) is 6.54 Å². The first kappa shape index (κ1) is 12.8. The molecule has 0 bridgehead atoms. The van der Waals surface area contributed by atoms with Crippen molar-refractivity contribution in [3.63, 3.8) is 0 Å².